The van der Waals surface area contributed by atoms with Gasteiger partial charge in [-0.3, -0.25) is 14.5 Å². The molecule has 1 aliphatic rings. The summed E-state index contributed by atoms with van der Waals surface area (Å²) >= 11 is 12.3. The predicted molar refractivity (Wildman–Crippen MR) is 96.5 cm³/mol. The SMILES string of the molecule is CCCNC(=O)CN1CCN(C(=O)Cc2c(Cl)cccc2Cl)CC1. The van der Waals surface area contributed by atoms with Crippen molar-refractivity contribution in [1.82, 2.24) is 15.1 Å². The number of carbonyl (C=O) groups is 2. The number of nitrogens with one attached hydrogen (secondary N) is 1. The first-order valence-electron chi connectivity index (χ1n) is 8.21. The van der Waals surface area contributed by atoms with E-state index in [1.807, 2.05) is 6.92 Å². The lowest BCUT2D eigenvalue weighted by atomic mass is 10.1. The van der Waals surface area contributed by atoms with Gasteiger partial charge in [-0.25, -0.2) is 0 Å². The summed E-state index contributed by atoms with van der Waals surface area (Å²) < 4.78 is 0. The van der Waals surface area contributed by atoms with Crippen molar-refractivity contribution in [2.45, 2.75) is 19.8 Å². The molecule has 1 heterocycles. The van der Waals surface area contributed by atoms with Crippen LogP contribution >= 0.6 is 23.2 Å². The zero-order valence-electron chi connectivity index (χ0n) is 13.9. The first kappa shape index (κ1) is 19.0. The van der Waals surface area contributed by atoms with Crippen LogP contribution in [0, 0.1) is 0 Å². The maximum absolute atomic E-state index is 12.5. The van der Waals surface area contributed by atoms with Gasteiger partial charge in [0.25, 0.3) is 0 Å². The third kappa shape index (κ3) is 5.36. The van der Waals surface area contributed by atoms with E-state index in [9.17, 15) is 9.59 Å². The van der Waals surface area contributed by atoms with Gasteiger partial charge in [-0.2, -0.15) is 0 Å². The molecule has 0 saturated carbocycles. The monoisotopic (exact) mass is 371 g/mol. The number of hydrogen-bond acceptors (Lipinski definition) is 3. The highest BCUT2D eigenvalue weighted by molar-refractivity contribution is 6.36. The summed E-state index contributed by atoms with van der Waals surface area (Å²) in [5, 5.41) is 3.90. The van der Waals surface area contributed by atoms with Gasteiger partial charge in [0.1, 0.15) is 0 Å². The van der Waals surface area contributed by atoms with Gasteiger partial charge in [-0.05, 0) is 24.1 Å². The molecule has 24 heavy (non-hydrogen) atoms. The summed E-state index contributed by atoms with van der Waals surface area (Å²) in [6.07, 6.45) is 1.13. The van der Waals surface area contributed by atoms with Crippen molar-refractivity contribution in [2.24, 2.45) is 0 Å². The molecule has 0 spiro atoms. The van der Waals surface area contributed by atoms with Crippen molar-refractivity contribution in [3.8, 4) is 0 Å². The van der Waals surface area contributed by atoms with E-state index in [0.717, 1.165) is 6.42 Å². The van der Waals surface area contributed by atoms with Crippen LogP contribution < -0.4 is 5.32 Å². The summed E-state index contributed by atoms with van der Waals surface area (Å²) in [5.74, 6) is 0.0551. The van der Waals surface area contributed by atoms with E-state index in [1.165, 1.54) is 0 Å². The Hall–Kier alpha value is -1.30. The Kier molecular flexibility index (Phi) is 7.34. The summed E-state index contributed by atoms with van der Waals surface area (Å²) in [5.41, 5.74) is 0.673. The third-order valence-electron chi connectivity index (χ3n) is 4.05. The fourth-order valence-corrected chi connectivity index (χ4v) is 3.17. The quantitative estimate of drug-likeness (QED) is 0.833. The van der Waals surface area contributed by atoms with Gasteiger partial charge in [0, 0.05) is 42.8 Å². The summed E-state index contributed by atoms with van der Waals surface area (Å²) in [4.78, 5) is 28.1. The zero-order chi connectivity index (χ0) is 17.5. The molecule has 7 heteroatoms. The fraction of sp³-hybridized carbons (Fsp3) is 0.529. The van der Waals surface area contributed by atoms with Gasteiger partial charge in [-0.15, -0.1) is 0 Å². The molecule has 0 aliphatic carbocycles. The minimum absolute atomic E-state index is 0.0140. The van der Waals surface area contributed by atoms with Crippen molar-refractivity contribution in [3.05, 3.63) is 33.8 Å². The molecule has 0 bridgehead atoms. The highest BCUT2D eigenvalue weighted by Crippen LogP contribution is 2.25. The van der Waals surface area contributed by atoms with Crippen LogP contribution in [0.2, 0.25) is 10.0 Å². The Bertz CT molecular complexity index is 567. The average Bonchev–Trinajstić information content (AvgIpc) is 2.57. The minimum atomic E-state index is 0.0140. The van der Waals surface area contributed by atoms with Crippen LogP contribution in [0.4, 0.5) is 0 Å². The number of nitrogens with zero attached hydrogens (tertiary/aromatic N) is 2. The maximum Gasteiger partial charge on any atom is 0.234 e. The Balaban J connectivity index is 1.81. The zero-order valence-corrected chi connectivity index (χ0v) is 15.4. The fourth-order valence-electron chi connectivity index (χ4n) is 2.64. The molecule has 132 valence electrons. The second-order valence-electron chi connectivity index (χ2n) is 5.88. The lowest BCUT2D eigenvalue weighted by Gasteiger charge is -2.34. The van der Waals surface area contributed by atoms with Crippen molar-refractivity contribution >= 4 is 35.0 Å². The predicted octanol–water partition coefficient (Wildman–Crippen LogP) is 2.21. The van der Waals surface area contributed by atoms with Crippen LogP contribution in [0.1, 0.15) is 18.9 Å². The molecule has 1 saturated heterocycles. The number of carbonyl (C=O) groups excluding carboxylic acids is 2. The molecular weight excluding hydrogens is 349 g/mol. The van der Waals surface area contributed by atoms with Crippen LogP contribution in [0.5, 0.6) is 0 Å². The van der Waals surface area contributed by atoms with Gasteiger partial charge in [0.05, 0.1) is 13.0 Å². The molecule has 2 amide bonds. The summed E-state index contributed by atoms with van der Waals surface area (Å²) in [7, 11) is 0. The summed E-state index contributed by atoms with van der Waals surface area (Å²) in [6.45, 7) is 5.73. The van der Waals surface area contributed by atoms with Crippen LogP contribution in [0.3, 0.4) is 0 Å². The Morgan fingerprint density at radius 1 is 1.12 bits per heavy atom. The van der Waals surface area contributed by atoms with E-state index in [2.05, 4.69) is 10.2 Å². The van der Waals surface area contributed by atoms with Crippen LogP contribution in [-0.2, 0) is 16.0 Å². The van der Waals surface area contributed by atoms with Crippen molar-refractivity contribution in [3.63, 3.8) is 0 Å². The molecule has 0 aromatic heterocycles. The second-order valence-corrected chi connectivity index (χ2v) is 6.70. The number of amides is 2. The van der Waals surface area contributed by atoms with Crippen LogP contribution in [0.25, 0.3) is 0 Å². The first-order valence-corrected chi connectivity index (χ1v) is 8.96. The molecule has 0 unspecified atom stereocenters. The van der Waals surface area contributed by atoms with Gasteiger partial charge in [-0.1, -0.05) is 36.2 Å². The van der Waals surface area contributed by atoms with Gasteiger partial charge >= 0.3 is 0 Å². The third-order valence-corrected chi connectivity index (χ3v) is 4.76. The van der Waals surface area contributed by atoms with Gasteiger partial charge < -0.3 is 10.2 Å². The molecule has 1 N–H and O–H groups in total. The largest absolute Gasteiger partial charge is 0.355 e. The van der Waals surface area contributed by atoms with Crippen molar-refractivity contribution in [2.75, 3.05) is 39.3 Å². The van der Waals surface area contributed by atoms with E-state index in [-0.39, 0.29) is 18.2 Å². The normalized spacial score (nSPS) is 15.4. The van der Waals surface area contributed by atoms with E-state index in [0.29, 0.717) is 54.9 Å². The van der Waals surface area contributed by atoms with Crippen LogP contribution in [0.15, 0.2) is 18.2 Å². The van der Waals surface area contributed by atoms with E-state index < -0.39 is 0 Å². The Morgan fingerprint density at radius 3 is 2.33 bits per heavy atom. The summed E-state index contributed by atoms with van der Waals surface area (Å²) in [6, 6.07) is 5.24. The molecule has 1 fully saturated rings. The lowest BCUT2D eigenvalue weighted by molar-refractivity contribution is -0.132. The van der Waals surface area contributed by atoms with Crippen LogP contribution in [-0.4, -0.2) is 60.9 Å². The molecule has 1 aromatic rings. The topological polar surface area (TPSA) is 52.7 Å². The second kappa shape index (κ2) is 9.25. The molecule has 1 aliphatic heterocycles. The highest BCUT2D eigenvalue weighted by Gasteiger charge is 2.23. The molecular formula is C17H23Cl2N3O2. The van der Waals surface area contributed by atoms with Crippen molar-refractivity contribution < 1.29 is 9.59 Å². The molecule has 5 nitrogen and oxygen atoms in total. The van der Waals surface area contributed by atoms with Gasteiger partial charge in [0.2, 0.25) is 11.8 Å². The van der Waals surface area contributed by atoms with E-state index in [1.54, 1.807) is 23.1 Å². The number of piperazine rings is 1. The van der Waals surface area contributed by atoms with E-state index >= 15 is 0 Å². The minimum Gasteiger partial charge on any atom is -0.355 e. The standard InChI is InChI=1S/C17H23Cl2N3O2/c1-2-6-20-16(23)12-21-7-9-22(10-8-21)17(24)11-13-14(18)4-3-5-15(13)19/h3-5H,2,6-12H2,1H3,(H,20,23). The molecule has 0 radical (unpaired) electrons. The maximum atomic E-state index is 12.5. The number of halogens is 2. The lowest BCUT2D eigenvalue weighted by Crippen LogP contribution is -2.51. The average molecular weight is 372 g/mol. The first-order chi connectivity index (χ1) is 11.5. The molecule has 0 atom stereocenters. The number of rotatable bonds is 6. The molecule has 1 aromatic carbocycles. The Morgan fingerprint density at radius 2 is 1.75 bits per heavy atom. The Labute approximate surface area is 152 Å². The highest BCUT2D eigenvalue weighted by atomic mass is 35.5. The van der Waals surface area contributed by atoms with Gasteiger partial charge in [0.15, 0.2) is 0 Å². The number of hydrogen-bond donors (Lipinski definition) is 1. The number of benzene rings is 1. The molecule has 2 rings (SSSR count). The smallest absolute Gasteiger partial charge is 0.234 e. The van der Waals surface area contributed by atoms with E-state index in [4.69, 9.17) is 23.2 Å². The van der Waals surface area contributed by atoms with Crippen molar-refractivity contribution in [1.29, 1.82) is 0 Å².